The molecular formula is C27H31FN7O7P. The number of aliphatic hydroxyl groups excluding tert-OH is 1. The molecule has 0 radical (unpaired) electrons. The second-order valence-corrected chi connectivity index (χ2v) is 12.0. The van der Waals surface area contributed by atoms with Gasteiger partial charge in [0, 0.05) is 6.04 Å². The fourth-order valence-corrected chi connectivity index (χ4v) is 5.57. The zero-order chi connectivity index (χ0) is 30.9. The molecule has 1 aliphatic heterocycles. The maximum Gasteiger partial charge on any atom is 0.513 e. The molecule has 1 unspecified atom stereocenters. The Kier molecular flexibility index (Phi) is 8.20. The van der Waals surface area contributed by atoms with Gasteiger partial charge in [-0.25, -0.2) is 13.9 Å². The van der Waals surface area contributed by atoms with E-state index >= 15 is 4.39 Å². The number of imidazole rings is 1. The minimum absolute atomic E-state index is 0.101. The van der Waals surface area contributed by atoms with Gasteiger partial charge < -0.3 is 34.7 Å². The van der Waals surface area contributed by atoms with Crippen LogP contribution in [0.2, 0.25) is 0 Å². The van der Waals surface area contributed by atoms with E-state index in [9.17, 15) is 14.5 Å². The maximum atomic E-state index is 16.2. The molecule has 43 heavy (non-hydrogen) atoms. The summed E-state index contributed by atoms with van der Waals surface area (Å²) in [4.78, 5) is 25.1. The van der Waals surface area contributed by atoms with Gasteiger partial charge in [-0.1, -0.05) is 24.1 Å². The lowest BCUT2D eigenvalue weighted by Crippen LogP contribution is -2.38. The molecule has 5 atom stereocenters. The van der Waals surface area contributed by atoms with Crippen LogP contribution in [-0.2, 0) is 23.4 Å². The van der Waals surface area contributed by atoms with Gasteiger partial charge in [0.1, 0.15) is 24.4 Å². The Labute approximate surface area is 246 Å². The fourth-order valence-electron chi connectivity index (χ4n) is 4.19. The number of aromatic nitrogens is 4. The number of esters is 1. The number of alkyl halides is 1. The number of rotatable bonds is 11. The lowest BCUT2D eigenvalue weighted by Gasteiger charge is -2.22. The molecule has 0 bridgehead atoms. The number of nitrogens with two attached hydrogens (primary N) is 1. The normalized spacial score (nSPS) is 24.6. The molecule has 228 valence electrons. The predicted molar refractivity (Wildman–Crippen MR) is 153 cm³/mol. The molecule has 5 rings (SSSR count). The van der Waals surface area contributed by atoms with Crippen LogP contribution in [0.25, 0.3) is 11.2 Å². The highest BCUT2D eigenvalue weighted by Crippen LogP contribution is 2.49. The van der Waals surface area contributed by atoms with Crippen molar-refractivity contribution in [1.29, 1.82) is 0 Å². The van der Waals surface area contributed by atoms with Gasteiger partial charge in [-0.3, -0.25) is 9.36 Å². The molecular weight excluding hydrogens is 584 g/mol. The van der Waals surface area contributed by atoms with Crippen molar-refractivity contribution in [1.82, 2.24) is 24.6 Å². The monoisotopic (exact) mass is 615 g/mol. The van der Waals surface area contributed by atoms with Gasteiger partial charge in [-0.15, -0.1) is 6.42 Å². The Hall–Kier alpha value is -4.38. The Bertz CT molecular complexity index is 1620. The minimum Gasteiger partial charge on any atom is -0.464 e. The number of carbonyl (C=O) groups excluding carboxylic acids is 1. The average molecular weight is 616 g/mol. The third-order valence-electron chi connectivity index (χ3n) is 6.44. The summed E-state index contributed by atoms with van der Waals surface area (Å²) in [7, 11) is -4.42. The molecule has 1 saturated heterocycles. The zero-order valence-corrected chi connectivity index (χ0v) is 24.4. The van der Waals surface area contributed by atoms with Crippen molar-refractivity contribution in [3.05, 3.63) is 48.7 Å². The van der Waals surface area contributed by atoms with E-state index in [-0.39, 0.29) is 23.4 Å². The number of benzene rings is 1. The number of hydrogen-bond acceptors (Lipinski definition) is 12. The van der Waals surface area contributed by atoms with Gasteiger partial charge in [0.25, 0.3) is 5.67 Å². The third kappa shape index (κ3) is 6.36. The highest BCUT2D eigenvalue weighted by atomic mass is 31.2. The summed E-state index contributed by atoms with van der Waals surface area (Å²) in [6.45, 7) is 4.71. The first kappa shape index (κ1) is 30.1. The number of hydrogen-bond donors (Lipinski definition) is 4. The number of nitrogen functional groups attached to an aromatic ring is 1. The molecule has 1 saturated carbocycles. The Morgan fingerprint density at radius 3 is 2.70 bits per heavy atom. The molecule has 14 nitrogen and oxygen atoms in total. The van der Waals surface area contributed by atoms with E-state index in [2.05, 4.69) is 25.4 Å². The van der Waals surface area contributed by atoms with Crippen LogP contribution in [0.15, 0.2) is 48.7 Å². The summed E-state index contributed by atoms with van der Waals surface area (Å²) in [5.41, 5.74) is 3.45. The van der Waals surface area contributed by atoms with Crippen LogP contribution >= 0.6 is 7.75 Å². The van der Waals surface area contributed by atoms with Crippen molar-refractivity contribution in [3.8, 4) is 18.1 Å². The number of nitrogens with zero attached hydrogens (tertiary/aromatic N) is 4. The van der Waals surface area contributed by atoms with Gasteiger partial charge in [0.15, 0.2) is 28.8 Å². The Morgan fingerprint density at radius 1 is 1.33 bits per heavy atom. The standard InChI is InChI=1S/C27H31FN7O7P/c1-5-27(28)21(36)19(41-25(27)35-14-30-20-22(31-17-11-12-17)32-26(29)33-23(20)35)13-39-43(38,42-18-9-7-6-8-10-18)34-16(4)24(37)40-15(2)3/h1,6-10,13-17,21,25,36H,11-12H2,2-4H3,(H,34,38)(H3,29,31,32,33)/b19-13+/t16-,21+,25+,27+,43?/m0/s1. The molecule has 0 spiro atoms. The first-order valence-corrected chi connectivity index (χ1v) is 15.0. The first-order chi connectivity index (χ1) is 20.4. The van der Waals surface area contributed by atoms with E-state index in [1.54, 1.807) is 32.0 Å². The zero-order valence-electron chi connectivity index (χ0n) is 23.5. The number of anilines is 2. The van der Waals surface area contributed by atoms with E-state index in [1.807, 2.05) is 5.92 Å². The number of carbonyl (C=O) groups is 1. The molecule has 1 aliphatic carbocycles. The topological polar surface area (TPSA) is 185 Å². The predicted octanol–water partition coefficient (Wildman–Crippen LogP) is 3.19. The summed E-state index contributed by atoms with van der Waals surface area (Å²) >= 11 is 0. The molecule has 5 N–H and O–H groups in total. The van der Waals surface area contributed by atoms with Crippen molar-refractivity contribution in [3.63, 3.8) is 0 Å². The van der Waals surface area contributed by atoms with E-state index in [0.29, 0.717) is 11.3 Å². The summed E-state index contributed by atoms with van der Waals surface area (Å²) in [6.07, 6.45) is 5.20. The van der Waals surface area contributed by atoms with Crippen molar-refractivity contribution >= 4 is 36.6 Å². The number of nitrogens with one attached hydrogen (secondary N) is 2. The van der Waals surface area contributed by atoms with Gasteiger partial charge in [-0.2, -0.15) is 15.1 Å². The van der Waals surface area contributed by atoms with Crippen LogP contribution in [0.1, 0.15) is 39.8 Å². The van der Waals surface area contributed by atoms with Crippen molar-refractivity contribution in [2.75, 3.05) is 11.1 Å². The summed E-state index contributed by atoms with van der Waals surface area (Å²) in [5, 5.41) is 16.6. The quantitative estimate of drug-likeness (QED) is 0.107. The van der Waals surface area contributed by atoms with Crippen molar-refractivity contribution < 1.29 is 37.4 Å². The van der Waals surface area contributed by atoms with Crippen LogP contribution in [0.4, 0.5) is 16.2 Å². The second-order valence-electron chi connectivity index (χ2n) is 10.3. The Morgan fingerprint density at radius 2 is 2.05 bits per heavy atom. The lowest BCUT2D eigenvalue weighted by atomic mass is 9.99. The van der Waals surface area contributed by atoms with Crippen LogP contribution in [0.3, 0.4) is 0 Å². The number of para-hydroxylation sites is 1. The van der Waals surface area contributed by atoms with Crippen LogP contribution in [0.5, 0.6) is 5.75 Å². The van der Waals surface area contributed by atoms with Crippen LogP contribution < -0.4 is 20.7 Å². The van der Waals surface area contributed by atoms with Crippen LogP contribution in [0, 0.1) is 12.3 Å². The smallest absolute Gasteiger partial charge is 0.464 e. The van der Waals surface area contributed by atoms with E-state index in [4.69, 9.17) is 30.7 Å². The van der Waals surface area contributed by atoms with E-state index < -0.39 is 49.6 Å². The minimum atomic E-state index is -4.42. The molecule has 2 fully saturated rings. The van der Waals surface area contributed by atoms with Gasteiger partial charge >= 0.3 is 13.7 Å². The summed E-state index contributed by atoms with van der Waals surface area (Å²) < 4.78 is 53.1. The SMILES string of the molecule is C#C[C@@]1(F)[C@H](O)/C(=C\OP(=O)(N[C@@H](C)C(=O)OC(C)C)Oc2ccccc2)O[C@H]1n1cnc2c(NC3CC3)nc(N)nc21. The van der Waals surface area contributed by atoms with Gasteiger partial charge in [0.05, 0.1) is 6.10 Å². The lowest BCUT2D eigenvalue weighted by molar-refractivity contribution is -0.149. The van der Waals surface area contributed by atoms with Crippen molar-refractivity contribution in [2.24, 2.45) is 0 Å². The summed E-state index contributed by atoms with van der Waals surface area (Å²) in [5.74, 6) is 1.10. The van der Waals surface area contributed by atoms with Gasteiger partial charge in [-0.05, 0) is 45.7 Å². The highest BCUT2D eigenvalue weighted by molar-refractivity contribution is 7.52. The van der Waals surface area contributed by atoms with Crippen molar-refractivity contribution in [2.45, 2.75) is 69.8 Å². The molecule has 3 heterocycles. The molecule has 2 aliphatic rings. The Balaban J connectivity index is 1.45. The maximum absolute atomic E-state index is 16.2. The number of aliphatic hydroxyl groups is 1. The average Bonchev–Trinajstić information content (AvgIpc) is 3.62. The number of terminal acetylenes is 1. The number of halogens is 1. The molecule has 16 heteroatoms. The molecule has 1 aromatic carbocycles. The fraction of sp³-hybridized carbons (Fsp3) is 0.407. The van der Waals surface area contributed by atoms with Gasteiger partial charge in [0.2, 0.25) is 12.2 Å². The molecule has 2 aromatic heterocycles. The number of fused-ring (bicyclic) bond motifs is 1. The molecule has 3 aromatic rings. The number of ether oxygens (including phenoxy) is 2. The van der Waals surface area contributed by atoms with Crippen LogP contribution in [-0.4, -0.2) is 60.6 Å². The largest absolute Gasteiger partial charge is 0.513 e. The third-order valence-corrected chi connectivity index (χ3v) is 7.98. The highest BCUT2D eigenvalue weighted by Gasteiger charge is 2.57. The second kappa shape index (κ2) is 11.7. The molecule has 0 amide bonds. The first-order valence-electron chi connectivity index (χ1n) is 13.4. The van der Waals surface area contributed by atoms with E-state index in [0.717, 1.165) is 19.1 Å². The summed E-state index contributed by atoms with van der Waals surface area (Å²) in [6, 6.07) is 7.05. The van der Waals surface area contributed by atoms with E-state index in [1.165, 1.54) is 30.0 Å².